The SMILES string of the molecule is O=C(O)c1c(F)cc(Cc2ccccc2)cc1Cl. The van der Waals surface area contributed by atoms with Crippen LogP contribution in [0.4, 0.5) is 4.39 Å². The fraction of sp³-hybridized carbons (Fsp3) is 0.0714. The van der Waals surface area contributed by atoms with Crippen LogP contribution < -0.4 is 0 Å². The fourth-order valence-corrected chi connectivity index (χ4v) is 2.07. The molecule has 0 saturated carbocycles. The van der Waals surface area contributed by atoms with Gasteiger partial charge in [-0.1, -0.05) is 41.9 Å². The first-order valence-electron chi connectivity index (χ1n) is 5.33. The van der Waals surface area contributed by atoms with E-state index in [4.69, 9.17) is 16.7 Å². The van der Waals surface area contributed by atoms with Crippen molar-refractivity contribution in [1.82, 2.24) is 0 Å². The fourth-order valence-electron chi connectivity index (χ4n) is 1.76. The Bertz CT molecular complexity index is 559. The summed E-state index contributed by atoms with van der Waals surface area (Å²) in [7, 11) is 0. The lowest BCUT2D eigenvalue weighted by molar-refractivity contribution is 0.0692. The second-order valence-electron chi connectivity index (χ2n) is 3.90. The highest BCUT2D eigenvalue weighted by molar-refractivity contribution is 6.33. The van der Waals surface area contributed by atoms with Crippen LogP contribution in [0.5, 0.6) is 0 Å². The zero-order valence-electron chi connectivity index (χ0n) is 9.36. The quantitative estimate of drug-likeness (QED) is 0.916. The lowest BCUT2D eigenvalue weighted by atomic mass is 10.0. The van der Waals surface area contributed by atoms with Gasteiger partial charge in [0.1, 0.15) is 11.4 Å². The van der Waals surface area contributed by atoms with Crippen LogP contribution in [-0.4, -0.2) is 11.1 Å². The van der Waals surface area contributed by atoms with E-state index in [1.54, 1.807) is 0 Å². The molecule has 0 aromatic heterocycles. The summed E-state index contributed by atoms with van der Waals surface area (Å²) < 4.78 is 13.6. The molecule has 4 heteroatoms. The Morgan fingerprint density at radius 3 is 2.39 bits per heavy atom. The van der Waals surface area contributed by atoms with Gasteiger partial charge in [0.25, 0.3) is 0 Å². The predicted molar refractivity (Wildman–Crippen MR) is 67.6 cm³/mol. The Balaban J connectivity index is 2.34. The van der Waals surface area contributed by atoms with Crippen molar-refractivity contribution in [2.45, 2.75) is 6.42 Å². The topological polar surface area (TPSA) is 37.3 Å². The van der Waals surface area contributed by atoms with E-state index >= 15 is 0 Å². The maximum absolute atomic E-state index is 13.6. The number of rotatable bonds is 3. The smallest absolute Gasteiger partial charge is 0.340 e. The average Bonchev–Trinajstić information content (AvgIpc) is 2.28. The minimum Gasteiger partial charge on any atom is -0.478 e. The number of halogens is 2. The Kier molecular flexibility index (Phi) is 3.63. The number of carboxylic acids is 1. The minimum absolute atomic E-state index is 0.0755. The normalized spacial score (nSPS) is 10.3. The molecule has 0 aliphatic rings. The molecule has 18 heavy (non-hydrogen) atoms. The molecule has 2 rings (SSSR count). The maximum atomic E-state index is 13.6. The van der Waals surface area contributed by atoms with Crippen LogP contribution in [0, 0.1) is 5.82 Å². The van der Waals surface area contributed by atoms with Crippen molar-refractivity contribution in [3.05, 3.63) is 70.0 Å². The van der Waals surface area contributed by atoms with Crippen molar-refractivity contribution in [1.29, 1.82) is 0 Å². The van der Waals surface area contributed by atoms with Gasteiger partial charge in [0.15, 0.2) is 0 Å². The van der Waals surface area contributed by atoms with E-state index in [1.807, 2.05) is 30.3 Å². The average molecular weight is 265 g/mol. The number of carbonyl (C=O) groups is 1. The molecule has 2 aromatic rings. The molecule has 0 radical (unpaired) electrons. The molecule has 1 N–H and O–H groups in total. The van der Waals surface area contributed by atoms with Crippen LogP contribution >= 0.6 is 11.6 Å². The molecular weight excluding hydrogens is 255 g/mol. The van der Waals surface area contributed by atoms with Gasteiger partial charge in [0.2, 0.25) is 0 Å². The monoisotopic (exact) mass is 264 g/mol. The number of benzene rings is 2. The highest BCUT2D eigenvalue weighted by Crippen LogP contribution is 2.23. The standard InChI is InChI=1S/C14H10ClFO2/c15-11-7-10(6-9-4-2-1-3-5-9)8-12(16)13(11)14(17)18/h1-5,7-8H,6H2,(H,17,18). The van der Waals surface area contributed by atoms with E-state index in [-0.39, 0.29) is 5.02 Å². The summed E-state index contributed by atoms with van der Waals surface area (Å²) in [6.45, 7) is 0. The third-order valence-electron chi connectivity index (χ3n) is 2.57. The molecule has 0 aliphatic carbocycles. The van der Waals surface area contributed by atoms with Gasteiger partial charge >= 0.3 is 5.97 Å². The lowest BCUT2D eigenvalue weighted by Crippen LogP contribution is -2.03. The first kappa shape index (κ1) is 12.6. The second kappa shape index (κ2) is 5.19. The zero-order chi connectivity index (χ0) is 13.1. The Morgan fingerprint density at radius 2 is 1.83 bits per heavy atom. The van der Waals surface area contributed by atoms with Crippen LogP contribution in [0.1, 0.15) is 21.5 Å². The summed E-state index contributed by atoms with van der Waals surface area (Å²) >= 11 is 5.78. The van der Waals surface area contributed by atoms with Gasteiger partial charge in [-0.15, -0.1) is 0 Å². The van der Waals surface area contributed by atoms with E-state index in [0.717, 1.165) is 5.56 Å². The number of carboxylic acid groups (broad SMARTS) is 1. The third kappa shape index (κ3) is 2.68. The van der Waals surface area contributed by atoms with Crippen molar-refractivity contribution in [2.24, 2.45) is 0 Å². The van der Waals surface area contributed by atoms with E-state index < -0.39 is 17.3 Å². The van der Waals surface area contributed by atoms with Gasteiger partial charge < -0.3 is 5.11 Å². The summed E-state index contributed by atoms with van der Waals surface area (Å²) in [5.74, 6) is -2.16. The van der Waals surface area contributed by atoms with Crippen molar-refractivity contribution in [3.8, 4) is 0 Å². The van der Waals surface area contributed by atoms with E-state index in [9.17, 15) is 9.18 Å². The molecule has 2 nitrogen and oxygen atoms in total. The largest absolute Gasteiger partial charge is 0.478 e. The molecule has 0 atom stereocenters. The van der Waals surface area contributed by atoms with Gasteiger partial charge in [0, 0.05) is 0 Å². The Labute approximate surface area is 109 Å². The second-order valence-corrected chi connectivity index (χ2v) is 4.31. The maximum Gasteiger partial charge on any atom is 0.340 e. The molecule has 0 spiro atoms. The van der Waals surface area contributed by atoms with Crippen molar-refractivity contribution in [2.75, 3.05) is 0 Å². The molecule has 0 aliphatic heterocycles. The first-order valence-corrected chi connectivity index (χ1v) is 5.71. The van der Waals surface area contributed by atoms with Gasteiger partial charge in [-0.2, -0.15) is 0 Å². The van der Waals surface area contributed by atoms with Gasteiger partial charge in [0.05, 0.1) is 5.02 Å². The van der Waals surface area contributed by atoms with Crippen LogP contribution in [0.3, 0.4) is 0 Å². The molecule has 2 aromatic carbocycles. The van der Waals surface area contributed by atoms with Crippen LogP contribution in [-0.2, 0) is 6.42 Å². The number of hydrogen-bond donors (Lipinski definition) is 1. The lowest BCUT2D eigenvalue weighted by Gasteiger charge is -2.06. The van der Waals surface area contributed by atoms with Gasteiger partial charge in [-0.05, 0) is 29.7 Å². The summed E-state index contributed by atoms with van der Waals surface area (Å²) in [6, 6.07) is 12.2. The molecule has 0 unspecified atom stereocenters. The summed E-state index contributed by atoms with van der Waals surface area (Å²) in [5, 5.41) is 8.73. The highest BCUT2D eigenvalue weighted by atomic mass is 35.5. The molecular formula is C14H10ClFO2. The summed E-state index contributed by atoms with van der Waals surface area (Å²) in [6.07, 6.45) is 0.511. The van der Waals surface area contributed by atoms with Crippen LogP contribution in [0.25, 0.3) is 0 Å². The summed E-state index contributed by atoms with van der Waals surface area (Å²) in [5.41, 5.74) is 1.18. The van der Waals surface area contributed by atoms with E-state index in [0.29, 0.717) is 12.0 Å². The van der Waals surface area contributed by atoms with Gasteiger partial charge in [-0.25, -0.2) is 9.18 Å². The first-order chi connectivity index (χ1) is 8.58. The molecule has 0 amide bonds. The molecule has 0 heterocycles. The third-order valence-corrected chi connectivity index (χ3v) is 2.86. The van der Waals surface area contributed by atoms with Gasteiger partial charge in [-0.3, -0.25) is 0 Å². The number of hydrogen-bond acceptors (Lipinski definition) is 1. The van der Waals surface area contributed by atoms with E-state index in [2.05, 4.69) is 0 Å². The van der Waals surface area contributed by atoms with Crippen molar-refractivity contribution in [3.63, 3.8) is 0 Å². The predicted octanol–water partition coefficient (Wildman–Crippen LogP) is 3.77. The van der Waals surface area contributed by atoms with Crippen molar-refractivity contribution >= 4 is 17.6 Å². The Hall–Kier alpha value is -1.87. The zero-order valence-corrected chi connectivity index (χ0v) is 10.1. The molecule has 0 fully saturated rings. The summed E-state index contributed by atoms with van der Waals surface area (Å²) in [4.78, 5) is 10.8. The van der Waals surface area contributed by atoms with E-state index in [1.165, 1.54) is 12.1 Å². The van der Waals surface area contributed by atoms with Crippen molar-refractivity contribution < 1.29 is 14.3 Å². The van der Waals surface area contributed by atoms with Crippen LogP contribution in [0.15, 0.2) is 42.5 Å². The molecule has 92 valence electrons. The Morgan fingerprint density at radius 1 is 1.17 bits per heavy atom. The highest BCUT2D eigenvalue weighted by Gasteiger charge is 2.16. The minimum atomic E-state index is -1.36. The molecule has 0 bridgehead atoms. The van der Waals surface area contributed by atoms with Crippen LogP contribution in [0.2, 0.25) is 5.02 Å². The molecule has 0 saturated heterocycles. The number of aromatic carboxylic acids is 1.